The quantitative estimate of drug-likeness (QED) is 0.263. The Balaban J connectivity index is 2.66. The summed E-state index contributed by atoms with van der Waals surface area (Å²) in [7, 11) is 0. The van der Waals surface area contributed by atoms with Crippen molar-refractivity contribution in [3.63, 3.8) is 0 Å². The van der Waals surface area contributed by atoms with Crippen molar-refractivity contribution in [2.75, 3.05) is 0 Å². The summed E-state index contributed by atoms with van der Waals surface area (Å²) in [5, 5.41) is 18.1. The molecule has 0 bridgehead atoms. The summed E-state index contributed by atoms with van der Waals surface area (Å²) in [5.74, 6) is -4.73. The van der Waals surface area contributed by atoms with Crippen LogP contribution in [0.3, 0.4) is 0 Å². The molecule has 1 saturated carbocycles. The summed E-state index contributed by atoms with van der Waals surface area (Å²) in [5.41, 5.74) is -0.868. The van der Waals surface area contributed by atoms with Gasteiger partial charge in [0.1, 0.15) is 22.2 Å². The van der Waals surface area contributed by atoms with Crippen molar-refractivity contribution in [2.45, 2.75) is 32.2 Å². The number of nitrogens with zero attached hydrogens (tertiary/aromatic N) is 1. The number of benzene rings is 1. The van der Waals surface area contributed by atoms with Gasteiger partial charge in [0.05, 0.1) is 16.8 Å². The number of halogens is 4. The standard InChI is InChI=1S/C15H13Cl2F2NO3/c1-2-9(20-6-3-4-6)10(15(22)23)14(21)7-5-8(18)12(17)13(19)11(7)16/h5-6,21H,2-4H2,1H3,(H,22,23). The first-order valence-electron chi connectivity index (χ1n) is 6.84. The van der Waals surface area contributed by atoms with Crippen LogP contribution in [0, 0.1) is 11.6 Å². The Hall–Kier alpha value is -1.66. The molecule has 0 amide bonds. The molecule has 2 N–H and O–H groups in total. The van der Waals surface area contributed by atoms with Crippen LogP contribution in [0.1, 0.15) is 31.7 Å². The molecule has 1 aliphatic rings. The van der Waals surface area contributed by atoms with Crippen molar-refractivity contribution in [2.24, 2.45) is 4.99 Å². The van der Waals surface area contributed by atoms with Gasteiger partial charge in [0.15, 0.2) is 5.82 Å². The van der Waals surface area contributed by atoms with E-state index in [1.165, 1.54) is 0 Å². The summed E-state index contributed by atoms with van der Waals surface area (Å²) in [6.07, 6.45) is 1.91. The Morgan fingerprint density at radius 3 is 2.39 bits per heavy atom. The minimum Gasteiger partial charge on any atom is -0.506 e. The number of carbonyl (C=O) groups is 1. The van der Waals surface area contributed by atoms with Gasteiger partial charge < -0.3 is 10.2 Å². The fourth-order valence-electron chi connectivity index (χ4n) is 2.00. The molecular formula is C15H13Cl2F2NO3. The molecule has 0 saturated heterocycles. The molecule has 0 radical (unpaired) electrons. The predicted molar refractivity (Wildman–Crippen MR) is 84.3 cm³/mol. The van der Waals surface area contributed by atoms with Crippen molar-refractivity contribution >= 4 is 40.6 Å². The maximum absolute atomic E-state index is 13.8. The molecule has 1 fully saturated rings. The van der Waals surface area contributed by atoms with Crippen LogP contribution in [0.15, 0.2) is 16.6 Å². The van der Waals surface area contributed by atoms with E-state index in [-0.39, 0.29) is 18.2 Å². The molecule has 1 aliphatic carbocycles. The van der Waals surface area contributed by atoms with Gasteiger partial charge >= 0.3 is 5.97 Å². The van der Waals surface area contributed by atoms with Crippen LogP contribution >= 0.6 is 23.2 Å². The highest BCUT2D eigenvalue weighted by molar-refractivity contribution is 6.36. The van der Waals surface area contributed by atoms with Gasteiger partial charge in [0.2, 0.25) is 0 Å². The van der Waals surface area contributed by atoms with Crippen molar-refractivity contribution in [1.82, 2.24) is 0 Å². The zero-order valence-electron chi connectivity index (χ0n) is 12.0. The summed E-state index contributed by atoms with van der Waals surface area (Å²) < 4.78 is 27.4. The molecule has 2 rings (SSSR count). The molecule has 124 valence electrons. The van der Waals surface area contributed by atoms with Crippen molar-refractivity contribution in [3.05, 3.63) is 38.9 Å². The third kappa shape index (κ3) is 3.64. The molecule has 0 atom stereocenters. The van der Waals surface area contributed by atoms with E-state index in [0.717, 1.165) is 12.8 Å². The lowest BCUT2D eigenvalue weighted by Crippen LogP contribution is -2.15. The fourth-order valence-corrected chi connectivity index (χ4v) is 2.43. The molecule has 0 spiro atoms. The molecule has 0 heterocycles. The molecule has 0 aliphatic heterocycles. The second-order valence-electron chi connectivity index (χ2n) is 5.04. The molecule has 23 heavy (non-hydrogen) atoms. The maximum atomic E-state index is 13.8. The van der Waals surface area contributed by atoms with Crippen molar-refractivity contribution in [3.8, 4) is 0 Å². The third-order valence-electron chi connectivity index (χ3n) is 3.32. The molecule has 1 aromatic rings. The zero-order valence-corrected chi connectivity index (χ0v) is 13.5. The highest BCUT2D eigenvalue weighted by Gasteiger charge is 2.28. The van der Waals surface area contributed by atoms with E-state index in [1.807, 2.05) is 0 Å². The number of carboxylic acids is 1. The van der Waals surface area contributed by atoms with E-state index >= 15 is 0 Å². The predicted octanol–water partition coefficient (Wildman–Crippen LogP) is 4.64. The maximum Gasteiger partial charge on any atom is 0.341 e. The fraction of sp³-hybridized carbons (Fsp3) is 0.333. The number of hydrogen-bond acceptors (Lipinski definition) is 3. The van der Waals surface area contributed by atoms with E-state index in [1.54, 1.807) is 6.92 Å². The van der Waals surface area contributed by atoms with Gasteiger partial charge in [-0.1, -0.05) is 30.1 Å². The van der Waals surface area contributed by atoms with E-state index in [2.05, 4.69) is 4.99 Å². The van der Waals surface area contributed by atoms with E-state index in [0.29, 0.717) is 6.07 Å². The second-order valence-corrected chi connectivity index (χ2v) is 5.79. The Morgan fingerprint density at radius 2 is 1.91 bits per heavy atom. The highest BCUT2D eigenvalue weighted by Crippen LogP contribution is 2.34. The third-order valence-corrected chi connectivity index (χ3v) is 4.03. The molecule has 1 aromatic carbocycles. The number of aliphatic hydroxyl groups is 1. The van der Waals surface area contributed by atoms with Crippen molar-refractivity contribution < 1.29 is 23.8 Å². The topological polar surface area (TPSA) is 69.9 Å². The van der Waals surface area contributed by atoms with E-state index in [9.17, 15) is 23.8 Å². The summed E-state index contributed by atoms with van der Waals surface area (Å²) in [4.78, 5) is 15.7. The average Bonchev–Trinajstić information content (AvgIpc) is 3.31. The van der Waals surface area contributed by atoms with Crippen LogP contribution in [-0.2, 0) is 4.79 Å². The summed E-state index contributed by atoms with van der Waals surface area (Å²) in [6, 6.07) is 0.706. The lowest BCUT2D eigenvalue weighted by molar-refractivity contribution is -0.132. The van der Waals surface area contributed by atoms with Gasteiger partial charge in [0.25, 0.3) is 0 Å². The average molecular weight is 364 g/mol. The minimum atomic E-state index is -1.46. The first-order valence-corrected chi connectivity index (χ1v) is 7.60. The van der Waals surface area contributed by atoms with E-state index < -0.39 is 44.5 Å². The normalized spacial score (nSPS) is 16.3. The Labute approximate surface area is 141 Å². The zero-order chi connectivity index (χ0) is 17.3. The van der Waals surface area contributed by atoms with E-state index in [4.69, 9.17) is 23.2 Å². The van der Waals surface area contributed by atoms with Gasteiger partial charge in [-0.15, -0.1) is 0 Å². The first-order chi connectivity index (χ1) is 10.8. The van der Waals surface area contributed by atoms with Crippen LogP contribution in [0.4, 0.5) is 8.78 Å². The first kappa shape index (κ1) is 17.7. The van der Waals surface area contributed by atoms with Crippen LogP contribution in [0.2, 0.25) is 10.0 Å². The smallest absolute Gasteiger partial charge is 0.341 e. The van der Waals surface area contributed by atoms with Gasteiger partial charge in [-0.05, 0) is 25.3 Å². The SMILES string of the molecule is CCC(=NC1CC1)C(C(=O)O)=C(O)c1cc(F)c(Cl)c(F)c1Cl. The Kier molecular flexibility index (Phi) is 5.26. The Morgan fingerprint density at radius 1 is 1.30 bits per heavy atom. The number of aliphatic carboxylic acids is 1. The van der Waals surface area contributed by atoms with Crippen LogP contribution < -0.4 is 0 Å². The van der Waals surface area contributed by atoms with Gasteiger partial charge in [-0.25, -0.2) is 13.6 Å². The van der Waals surface area contributed by atoms with Gasteiger partial charge in [-0.3, -0.25) is 4.99 Å². The number of rotatable bonds is 5. The monoisotopic (exact) mass is 363 g/mol. The number of hydrogen-bond donors (Lipinski definition) is 2. The highest BCUT2D eigenvalue weighted by atomic mass is 35.5. The van der Waals surface area contributed by atoms with Crippen LogP contribution in [0.5, 0.6) is 0 Å². The largest absolute Gasteiger partial charge is 0.506 e. The van der Waals surface area contributed by atoms with Gasteiger partial charge in [0, 0.05) is 5.56 Å². The Bertz CT molecular complexity index is 728. The molecular weight excluding hydrogens is 351 g/mol. The number of aliphatic hydroxyl groups excluding tert-OH is 1. The van der Waals surface area contributed by atoms with Crippen LogP contribution in [0.25, 0.3) is 5.76 Å². The lowest BCUT2D eigenvalue weighted by atomic mass is 10.0. The lowest BCUT2D eigenvalue weighted by Gasteiger charge is -2.12. The molecule has 8 heteroatoms. The van der Waals surface area contributed by atoms with Crippen LogP contribution in [-0.4, -0.2) is 27.9 Å². The second kappa shape index (κ2) is 6.84. The minimum absolute atomic E-state index is 0.0151. The summed E-state index contributed by atoms with van der Waals surface area (Å²) >= 11 is 11.1. The molecule has 4 nitrogen and oxygen atoms in total. The molecule has 0 aromatic heterocycles. The number of carboxylic acid groups (broad SMARTS) is 1. The van der Waals surface area contributed by atoms with Gasteiger partial charge in [-0.2, -0.15) is 0 Å². The summed E-state index contributed by atoms with van der Waals surface area (Å²) in [6.45, 7) is 1.67. The van der Waals surface area contributed by atoms with Crippen molar-refractivity contribution in [1.29, 1.82) is 0 Å². The molecule has 0 unspecified atom stereocenters. The number of aliphatic imine (C=N–C) groups is 1.